The van der Waals surface area contributed by atoms with Crippen LogP contribution in [0.4, 0.5) is 11.4 Å². The Morgan fingerprint density at radius 3 is 2.25 bits per heavy atom. The van der Waals surface area contributed by atoms with Gasteiger partial charge in [0.2, 0.25) is 0 Å². The lowest BCUT2D eigenvalue weighted by Gasteiger charge is -2.23. The van der Waals surface area contributed by atoms with E-state index < -0.39 is 0 Å². The van der Waals surface area contributed by atoms with Crippen molar-refractivity contribution in [2.24, 2.45) is 0 Å². The Hall–Kier alpha value is -0.250. The Labute approximate surface area is 111 Å². The molecule has 3 N–H and O–H groups in total. The molecule has 0 radical (unpaired) electrons. The highest BCUT2D eigenvalue weighted by molar-refractivity contribution is 7.99. The van der Waals surface area contributed by atoms with Gasteiger partial charge in [-0.2, -0.15) is 11.8 Å². The average molecular weight is 279 g/mol. The molecule has 16 heavy (non-hydrogen) atoms. The second-order valence-corrected chi connectivity index (χ2v) is 6.50. The van der Waals surface area contributed by atoms with Gasteiger partial charge in [0.25, 0.3) is 0 Å². The van der Waals surface area contributed by atoms with E-state index in [4.69, 9.17) is 28.9 Å². The van der Waals surface area contributed by atoms with E-state index in [0.29, 0.717) is 15.7 Å². The Balaban J connectivity index is 2.82. The van der Waals surface area contributed by atoms with Crippen LogP contribution in [-0.2, 0) is 0 Å². The summed E-state index contributed by atoms with van der Waals surface area (Å²) in [7, 11) is 0. The maximum absolute atomic E-state index is 6.07. The zero-order valence-corrected chi connectivity index (χ0v) is 11.9. The van der Waals surface area contributed by atoms with Gasteiger partial charge < -0.3 is 11.1 Å². The van der Waals surface area contributed by atoms with Gasteiger partial charge in [0.15, 0.2) is 0 Å². The van der Waals surface area contributed by atoms with E-state index in [1.165, 1.54) is 0 Å². The molecule has 0 spiro atoms. The highest BCUT2D eigenvalue weighted by Crippen LogP contribution is 2.33. The topological polar surface area (TPSA) is 38.0 Å². The number of nitrogens with one attached hydrogen (secondary N) is 1. The van der Waals surface area contributed by atoms with Crippen molar-refractivity contribution in [1.82, 2.24) is 0 Å². The molecule has 0 heterocycles. The molecule has 1 rings (SSSR count). The van der Waals surface area contributed by atoms with Crippen molar-refractivity contribution < 1.29 is 0 Å². The zero-order valence-electron chi connectivity index (χ0n) is 9.60. The number of anilines is 2. The summed E-state index contributed by atoms with van der Waals surface area (Å²) in [6.07, 6.45) is 2.08. The summed E-state index contributed by atoms with van der Waals surface area (Å²) in [5.74, 6) is 0. The maximum Gasteiger partial charge on any atom is 0.0720 e. The van der Waals surface area contributed by atoms with E-state index in [0.717, 1.165) is 12.2 Å². The smallest absolute Gasteiger partial charge is 0.0720 e. The van der Waals surface area contributed by atoms with Crippen LogP contribution < -0.4 is 11.1 Å². The van der Waals surface area contributed by atoms with Gasteiger partial charge in [0.1, 0.15) is 0 Å². The molecule has 0 aliphatic rings. The number of benzene rings is 1. The fourth-order valence-corrected chi connectivity index (χ4v) is 1.99. The first kappa shape index (κ1) is 13.8. The van der Waals surface area contributed by atoms with E-state index in [2.05, 4.69) is 25.4 Å². The number of hydrogen-bond donors (Lipinski definition) is 2. The predicted molar refractivity (Wildman–Crippen MR) is 77.0 cm³/mol. The maximum atomic E-state index is 6.07. The summed E-state index contributed by atoms with van der Waals surface area (Å²) in [4.78, 5) is 0. The quantitative estimate of drug-likeness (QED) is 0.814. The second-order valence-electron chi connectivity index (χ2n) is 4.18. The van der Waals surface area contributed by atoms with E-state index in [-0.39, 0.29) is 4.75 Å². The Bertz CT molecular complexity index is 357. The number of thioether (sulfide) groups is 1. The van der Waals surface area contributed by atoms with Crippen molar-refractivity contribution in [3.8, 4) is 0 Å². The van der Waals surface area contributed by atoms with Gasteiger partial charge in [0, 0.05) is 17.0 Å². The lowest BCUT2D eigenvalue weighted by Crippen LogP contribution is -2.26. The highest BCUT2D eigenvalue weighted by atomic mass is 35.5. The average Bonchev–Trinajstić information content (AvgIpc) is 2.16. The minimum atomic E-state index is 0.133. The van der Waals surface area contributed by atoms with Gasteiger partial charge in [-0.15, -0.1) is 0 Å². The Morgan fingerprint density at radius 2 is 1.81 bits per heavy atom. The summed E-state index contributed by atoms with van der Waals surface area (Å²) >= 11 is 13.9. The van der Waals surface area contributed by atoms with Crippen molar-refractivity contribution in [3.63, 3.8) is 0 Å². The molecule has 1 aromatic carbocycles. The van der Waals surface area contributed by atoms with Gasteiger partial charge in [-0.25, -0.2) is 0 Å². The number of halogens is 2. The molecule has 2 nitrogen and oxygen atoms in total. The van der Waals surface area contributed by atoms with Gasteiger partial charge in [-0.3, -0.25) is 0 Å². The monoisotopic (exact) mass is 278 g/mol. The Kier molecular flexibility index (Phi) is 4.65. The van der Waals surface area contributed by atoms with Crippen LogP contribution in [0.2, 0.25) is 10.0 Å². The van der Waals surface area contributed by atoms with E-state index in [9.17, 15) is 0 Å². The molecule has 0 aliphatic heterocycles. The summed E-state index contributed by atoms with van der Waals surface area (Å²) in [5, 5.41) is 4.37. The van der Waals surface area contributed by atoms with Crippen molar-refractivity contribution in [1.29, 1.82) is 0 Å². The van der Waals surface area contributed by atoms with Crippen molar-refractivity contribution in [2.45, 2.75) is 18.6 Å². The van der Waals surface area contributed by atoms with E-state index in [1.807, 2.05) is 0 Å². The molecule has 90 valence electrons. The zero-order chi connectivity index (χ0) is 12.3. The van der Waals surface area contributed by atoms with Crippen LogP contribution in [-0.4, -0.2) is 17.5 Å². The van der Waals surface area contributed by atoms with Crippen LogP contribution in [0, 0.1) is 0 Å². The van der Waals surface area contributed by atoms with Crippen LogP contribution >= 0.6 is 35.0 Å². The standard InChI is InChI=1S/C11H16Cl2N2S/c1-11(2,16-3)6-15-10-8(12)4-7(14)5-9(10)13/h4-5,15H,6,14H2,1-3H3. The molecular formula is C11H16Cl2N2S. The SMILES string of the molecule is CSC(C)(C)CNc1c(Cl)cc(N)cc1Cl. The fourth-order valence-electron chi connectivity index (χ4n) is 1.14. The molecule has 0 aliphatic carbocycles. The highest BCUT2D eigenvalue weighted by Gasteiger charge is 2.17. The van der Waals surface area contributed by atoms with E-state index >= 15 is 0 Å². The van der Waals surface area contributed by atoms with Gasteiger partial charge in [-0.05, 0) is 32.2 Å². The minimum Gasteiger partial charge on any atom is -0.399 e. The summed E-state index contributed by atoms with van der Waals surface area (Å²) in [6.45, 7) is 5.10. The third-order valence-corrected chi connectivity index (χ3v) is 4.15. The first-order valence-electron chi connectivity index (χ1n) is 4.89. The first-order chi connectivity index (χ1) is 7.35. The van der Waals surface area contributed by atoms with Gasteiger partial charge in [0.05, 0.1) is 15.7 Å². The normalized spacial score (nSPS) is 11.6. The van der Waals surface area contributed by atoms with Gasteiger partial charge in [-0.1, -0.05) is 23.2 Å². The third kappa shape index (κ3) is 3.65. The molecule has 0 saturated carbocycles. The first-order valence-corrected chi connectivity index (χ1v) is 6.87. The molecule has 0 aromatic heterocycles. The van der Waals surface area contributed by atoms with Gasteiger partial charge >= 0.3 is 0 Å². The largest absolute Gasteiger partial charge is 0.399 e. The van der Waals surface area contributed by atoms with Crippen molar-refractivity contribution in [3.05, 3.63) is 22.2 Å². The van der Waals surface area contributed by atoms with Crippen LogP contribution in [0.25, 0.3) is 0 Å². The molecule has 0 saturated heterocycles. The second kappa shape index (κ2) is 5.39. The van der Waals surface area contributed by atoms with Crippen molar-refractivity contribution in [2.75, 3.05) is 23.9 Å². The van der Waals surface area contributed by atoms with Crippen molar-refractivity contribution >= 4 is 46.3 Å². The molecule has 0 fully saturated rings. The lowest BCUT2D eigenvalue weighted by molar-refractivity contribution is 0.753. The third-order valence-electron chi connectivity index (χ3n) is 2.31. The number of nitrogens with two attached hydrogens (primary N) is 1. The number of hydrogen-bond acceptors (Lipinski definition) is 3. The predicted octanol–water partition coefficient (Wildman–Crippen LogP) is 4.13. The van der Waals surface area contributed by atoms with Crippen LogP contribution in [0.1, 0.15) is 13.8 Å². The molecule has 0 unspecified atom stereocenters. The molecule has 0 amide bonds. The molecule has 0 bridgehead atoms. The Morgan fingerprint density at radius 1 is 1.31 bits per heavy atom. The minimum absolute atomic E-state index is 0.133. The summed E-state index contributed by atoms with van der Waals surface area (Å²) in [5.41, 5.74) is 6.96. The fraction of sp³-hybridized carbons (Fsp3) is 0.455. The lowest BCUT2D eigenvalue weighted by atomic mass is 10.2. The molecule has 1 aromatic rings. The van der Waals surface area contributed by atoms with Crippen LogP contribution in [0.15, 0.2) is 12.1 Å². The summed E-state index contributed by atoms with van der Waals surface area (Å²) < 4.78 is 0.133. The molecular weight excluding hydrogens is 263 g/mol. The van der Waals surface area contributed by atoms with Crippen LogP contribution in [0.5, 0.6) is 0 Å². The number of nitrogen functional groups attached to an aromatic ring is 1. The molecule has 0 atom stereocenters. The molecule has 5 heteroatoms. The van der Waals surface area contributed by atoms with E-state index in [1.54, 1.807) is 23.9 Å². The van der Waals surface area contributed by atoms with Crippen LogP contribution in [0.3, 0.4) is 0 Å². The number of rotatable bonds is 4. The summed E-state index contributed by atoms with van der Waals surface area (Å²) in [6, 6.07) is 3.39.